The molecule has 0 saturated heterocycles. The van der Waals surface area contributed by atoms with E-state index in [0.717, 1.165) is 30.2 Å². The third-order valence-electron chi connectivity index (χ3n) is 5.36. The molecular formula is C25H24ClN3. The van der Waals surface area contributed by atoms with Gasteiger partial charge in [0.15, 0.2) is 5.82 Å². The number of halogens is 1. The lowest BCUT2D eigenvalue weighted by Crippen LogP contribution is -2.25. The Kier molecular flexibility index (Phi) is 5.50. The lowest BCUT2D eigenvalue weighted by molar-refractivity contribution is 0.531. The lowest BCUT2D eigenvalue weighted by atomic mass is 9.83. The van der Waals surface area contributed by atoms with Crippen LogP contribution < -0.4 is 0 Å². The molecule has 1 heterocycles. The summed E-state index contributed by atoms with van der Waals surface area (Å²) in [7, 11) is 0. The quantitative estimate of drug-likeness (QED) is 0.387. The van der Waals surface area contributed by atoms with Crippen LogP contribution in [0.25, 0.3) is 11.4 Å². The van der Waals surface area contributed by atoms with Gasteiger partial charge in [0.05, 0.1) is 0 Å². The minimum Gasteiger partial charge on any atom is -0.310 e. The van der Waals surface area contributed by atoms with Crippen LogP contribution in [0.5, 0.6) is 0 Å². The van der Waals surface area contributed by atoms with Gasteiger partial charge in [-0.05, 0) is 43.5 Å². The fourth-order valence-electron chi connectivity index (χ4n) is 3.69. The third kappa shape index (κ3) is 4.10. The molecule has 146 valence electrons. The Labute approximate surface area is 177 Å². The Morgan fingerprint density at radius 3 is 2.21 bits per heavy atom. The van der Waals surface area contributed by atoms with Crippen LogP contribution in [-0.4, -0.2) is 14.8 Å². The zero-order valence-electron chi connectivity index (χ0n) is 16.7. The van der Waals surface area contributed by atoms with E-state index >= 15 is 0 Å². The SMILES string of the molecule is CC(C)(c1ccccc1)c1nnc(-c2cccc(Cl)c2)n1CCc1ccccc1. The summed E-state index contributed by atoms with van der Waals surface area (Å²) >= 11 is 6.26. The summed E-state index contributed by atoms with van der Waals surface area (Å²) in [6.45, 7) is 5.20. The van der Waals surface area contributed by atoms with Crippen molar-refractivity contribution in [3.63, 3.8) is 0 Å². The van der Waals surface area contributed by atoms with Crippen molar-refractivity contribution in [2.45, 2.75) is 32.2 Å². The van der Waals surface area contributed by atoms with E-state index in [0.29, 0.717) is 5.02 Å². The molecule has 29 heavy (non-hydrogen) atoms. The van der Waals surface area contributed by atoms with Crippen molar-refractivity contribution in [2.24, 2.45) is 0 Å². The predicted molar refractivity (Wildman–Crippen MR) is 119 cm³/mol. The standard InChI is InChI=1S/C25H24ClN3/c1-25(2,21-13-7-4-8-14-21)24-28-27-23(20-12-9-15-22(26)18-20)29(24)17-16-19-10-5-3-6-11-19/h3-15,18H,16-17H2,1-2H3. The Hall–Kier alpha value is -2.91. The van der Waals surface area contributed by atoms with E-state index in [9.17, 15) is 0 Å². The van der Waals surface area contributed by atoms with Gasteiger partial charge in [-0.15, -0.1) is 10.2 Å². The number of hydrogen-bond acceptors (Lipinski definition) is 2. The molecule has 0 aliphatic rings. The van der Waals surface area contributed by atoms with Gasteiger partial charge in [0, 0.05) is 22.5 Å². The zero-order chi connectivity index (χ0) is 20.3. The summed E-state index contributed by atoms with van der Waals surface area (Å²) in [5, 5.41) is 9.94. The molecule has 0 fully saturated rings. The average molecular weight is 402 g/mol. The van der Waals surface area contributed by atoms with Crippen molar-refractivity contribution in [3.8, 4) is 11.4 Å². The van der Waals surface area contributed by atoms with Crippen molar-refractivity contribution in [1.29, 1.82) is 0 Å². The van der Waals surface area contributed by atoms with Crippen LogP contribution in [0, 0.1) is 0 Å². The summed E-state index contributed by atoms with van der Waals surface area (Å²) in [6, 6.07) is 28.8. The van der Waals surface area contributed by atoms with Gasteiger partial charge in [-0.1, -0.05) is 84.4 Å². The van der Waals surface area contributed by atoms with Crippen LogP contribution in [-0.2, 0) is 18.4 Å². The second-order valence-corrected chi connectivity index (χ2v) is 8.17. The van der Waals surface area contributed by atoms with E-state index in [4.69, 9.17) is 11.6 Å². The molecule has 0 aliphatic carbocycles. The maximum absolute atomic E-state index is 6.26. The zero-order valence-corrected chi connectivity index (χ0v) is 17.5. The van der Waals surface area contributed by atoms with E-state index in [2.05, 4.69) is 77.1 Å². The topological polar surface area (TPSA) is 30.7 Å². The molecule has 4 aromatic rings. The molecule has 0 aliphatic heterocycles. The molecule has 0 unspecified atom stereocenters. The number of aryl methyl sites for hydroxylation is 1. The molecule has 1 aromatic heterocycles. The Morgan fingerprint density at radius 1 is 0.828 bits per heavy atom. The van der Waals surface area contributed by atoms with Gasteiger partial charge in [-0.2, -0.15) is 0 Å². The van der Waals surface area contributed by atoms with Crippen molar-refractivity contribution in [3.05, 3.63) is 107 Å². The second kappa shape index (κ2) is 8.22. The number of nitrogens with zero attached hydrogens (tertiary/aromatic N) is 3. The number of hydrogen-bond donors (Lipinski definition) is 0. The molecule has 4 rings (SSSR count). The molecule has 0 radical (unpaired) electrons. The first kappa shape index (κ1) is 19.4. The van der Waals surface area contributed by atoms with E-state index in [1.807, 2.05) is 36.4 Å². The fraction of sp³-hybridized carbons (Fsp3) is 0.200. The fourth-order valence-corrected chi connectivity index (χ4v) is 3.88. The molecule has 0 atom stereocenters. The minimum atomic E-state index is -0.276. The maximum atomic E-state index is 6.26. The second-order valence-electron chi connectivity index (χ2n) is 7.74. The van der Waals surface area contributed by atoms with E-state index in [1.54, 1.807) is 0 Å². The molecule has 0 N–H and O–H groups in total. The first-order valence-electron chi connectivity index (χ1n) is 9.85. The van der Waals surface area contributed by atoms with Gasteiger partial charge in [0.2, 0.25) is 0 Å². The summed E-state index contributed by atoms with van der Waals surface area (Å²) in [5.41, 5.74) is 3.21. The van der Waals surface area contributed by atoms with Crippen LogP contribution in [0.2, 0.25) is 5.02 Å². The smallest absolute Gasteiger partial charge is 0.164 e. The molecule has 0 amide bonds. The number of rotatable bonds is 6. The van der Waals surface area contributed by atoms with Gasteiger partial charge in [0.1, 0.15) is 5.82 Å². The Bertz CT molecular complexity index is 1090. The Balaban J connectivity index is 1.79. The van der Waals surface area contributed by atoms with Gasteiger partial charge >= 0.3 is 0 Å². The highest BCUT2D eigenvalue weighted by Gasteiger charge is 2.30. The van der Waals surface area contributed by atoms with Crippen LogP contribution in [0.15, 0.2) is 84.9 Å². The monoisotopic (exact) mass is 401 g/mol. The van der Waals surface area contributed by atoms with Crippen molar-refractivity contribution in [1.82, 2.24) is 14.8 Å². The van der Waals surface area contributed by atoms with Gasteiger partial charge < -0.3 is 4.57 Å². The molecule has 3 nitrogen and oxygen atoms in total. The summed E-state index contributed by atoms with van der Waals surface area (Å²) in [4.78, 5) is 0. The molecule has 3 aromatic carbocycles. The van der Waals surface area contributed by atoms with E-state index < -0.39 is 0 Å². The summed E-state index contributed by atoms with van der Waals surface area (Å²) in [5.74, 6) is 1.80. The minimum absolute atomic E-state index is 0.276. The first-order valence-corrected chi connectivity index (χ1v) is 10.2. The molecular weight excluding hydrogens is 378 g/mol. The van der Waals surface area contributed by atoms with Crippen LogP contribution >= 0.6 is 11.6 Å². The van der Waals surface area contributed by atoms with Gasteiger partial charge in [-0.25, -0.2) is 0 Å². The normalized spacial score (nSPS) is 11.6. The summed E-state index contributed by atoms with van der Waals surface area (Å²) < 4.78 is 2.24. The van der Waals surface area contributed by atoms with E-state index in [1.165, 1.54) is 11.1 Å². The highest BCUT2D eigenvalue weighted by molar-refractivity contribution is 6.30. The first-order chi connectivity index (χ1) is 14.1. The predicted octanol–water partition coefficient (Wildman–Crippen LogP) is 6.17. The highest BCUT2D eigenvalue weighted by atomic mass is 35.5. The van der Waals surface area contributed by atoms with Crippen LogP contribution in [0.3, 0.4) is 0 Å². The highest BCUT2D eigenvalue weighted by Crippen LogP contribution is 2.33. The number of aromatic nitrogens is 3. The lowest BCUT2D eigenvalue weighted by Gasteiger charge is -2.25. The molecule has 0 saturated carbocycles. The van der Waals surface area contributed by atoms with Crippen molar-refractivity contribution >= 4 is 11.6 Å². The number of benzene rings is 3. The Morgan fingerprint density at radius 2 is 1.52 bits per heavy atom. The van der Waals surface area contributed by atoms with Crippen LogP contribution in [0.4, 0.5) is 0 Å². The molecule has 0 spiro atoms. The molecule has 0 bridgehead atoms. The van der Waals surface area contributed by atoms with Gasteiger partial charge in [-0.3, -0.25) is 0 Å². The summed E-state index contributed by atoms with van der Waals surface area (Å²) in [6.07, 6.45) is 0.907. The van der Waals surface area contributed by atoms with Gasteiger partial charge in [0.25, 0.3) is 0 Å². The van der Waals surface area contributed by atoms with Crippen molar-refractivity contribution in [2.75, 3.05) is 0 Å². The third-order valence-corrected chi connectivity index (χ3v) is 5.59. The maximum Gasteiger partial charge on any atom is 0.164 e. The average Bonchev–Trinajstić information content (AvgIpc) is 3.18. The van der Waals surface area contributed by atoms with E-state index in [-0.39, 0.29) is 5.41 Å². The van der Waals surface area contributed by atoms with Crippen LogP contribution in [0.1, 0.15) is 30.8 Å². The van der Waals surface area contributed by atoms with Crippen molar-refractivity contribution < 1.29 is 0 Å². The molecule has 4 heteroatoms. The largest absolute Gasteiger partial charge is 0.310 e.